The fraction of sp³-hybridized carbons (Fsp3) is 0.583. The summed E-state index contributed by atoms with van der Waals surface area (Å²) in [4.78, 5) is 6.63. The minimum absolute atomic E-state index is 0. The standard InChI is InChI=1S/C12H17N3O.ClH/c1-16-12-2-11(5-14-6-12)15-7-9-3-13-4-10(9)8-15;/h2,5-6,9-10,13H,3-4,7-8H2,1H3;1H. The molecule has 2 aliphatic rings. The lowest BCUT2D eigenvalue weighted by Gasteiger charge is -2.19. The first-order valence-electron chi connectivity index (χ1n) is 5.81. The molecule has 3 heterocycles. The number of ether oxygens (including phenoxy) is 1. The van der Waals surface area contributed by atoms with Gasteiger partial charge < -0.3 is 15.0 Å². The molecule has 4 nitrogen and oxygen atoms in total. The number of pyridine rings is 1. The van der Waals surface area contributed by atoms with Gasteiger partial charge in [0.1, 0.15) is 5.75 Å². The lowest BCUT2D eigenvalue weighted by Crippen LogP contribution is -2.25. The zero-order valence-electron chi connectivity index (χ0n) is 9.93. The van der Waals surface area contributed by atoms with Crippen LogP contribution in [0.2, 0.25) is 0 Å². The number of hydrogen-bond acceptors (Lipinski definition) is 4. The molecule has 3 rings (SSSR count). The molecule has 1 N–H and O–H groups in total. The van der Waals surface area contributed by atoms with E-state index < -0.39 is 0 Å². The smallest absolute Gasteiger partial charge is 0.139 e. The first-order valence-corrected chi connectivity index (χ1v) is 5.81. The third-order valence-corrected chi connectivity index (χ3v) is 3.69. The molecular formula is C12H18ClN3O. The minimum atomic E-state index is 0. The van der Waals surface area contributed by atoms with Gasteiger partial charge in [-0.05, 0) is 11.8 Å². The van der Waals surface area contributed by atoms with Crippen LogP contribution in [0.5, 0.6) is 5.75 Å². The molecule has 17 heavy (non-hydrogen) atoms. The Morgan fingerprint density at radius 3 is 2.65 bits per heavy atom. The van der Waals surface area contributed by atoms with Crippen molar-refractivity contribution in [2.45, 2.75) is 0 Å². The van der Waals surface area contributed by atoms with E-state index in [2.05, 4.69) is 21.3 Å². The van der Waals surface area contributed by atoms with Gasteiger partial charge in [0.05, 0.1) is 25.2 Å². The molecule has 2 unspecified atom stereocenters. The second-order valence-corrected chi connectivity index (χ2v) is 4.67. The Labute approximate surface area is 108 Å². The van der Waals surface area contributed by atoms with Gasteiger partial charge >= 0.3 is 0 Å². The van der Waals surface area contributed by atoms with Gasteiger partial charge in [-0.25, -0.2) is 0 Å². The molecule has 1 aromatic rings. The highest BCUT2D eigenvalue weighted by Crippen LogP contribution is 2.31. The van der Waals surface area contributed by atoms with E-state index in [4.69, 9.17) is 4.74 Å². The summed E-state index contributed by atoms with van der Waals surface area (Å²) >= 11 is 0. The molecule has 0 amide bonds. The number of nitrogens with one attached hydrogen (secondary N) is 1. The summed E-state index contributed by atoms with van der Waals surface area (Å²) in [6.45, 7) is 4.62. The van der Waals surface area contributed by atoms with Crippen LogP contribution in [0.25, 0.3) is 0 Å². The normalized spacial score (nSPS) is 26.5. The summed E-state index contributed by atoms with van der Waals surface area (Å²) in [5.41, 5.74) is 1.19. The topological polar surface area (TPSA) is 37.4 Å². The summed E-state index contributed by atoms with van der Waals surface area (Å²) in [5, 5.41) is 3.45. The molecule has 1 aromatic heterocycles. The number of rotatable bonds is 2. The van der Waals surface area contributed by atoms with Crippen LogP contribution in [-0.2, 0) is 0 Å². The maximum atomic E-state index is 5.21. The van der Waals surface area contributed by atoms with Crippen LogP contribution in [-0.4, -0.2) is 38.3 Å². The first-order chi connectivity index (χ1) is 7.86. The van der Waals surface area contributed by atoms with E-state index in [1.54, 1.807) is 13.3 Å². The van der Waals surface area contributed by atoms with E-state index in [0.29, 0.717) is 0 Å². The average Bonchev–Trinajstić information content (AvgIpc) is 2.89. The Hall–Kier alpha value is -1.00. The number of hydrogen-bond donors (Lipinski definition) is 1. The zero-order chi connectivity index (χ0) is 11.0. The SMILES string of the molecule is COc1cncc(N2CC3CNCC3C2)c1.Cl. The number of halogens is 1. The van der Waals surface area contributed by atoms with Crippen molar-refractivity contribution >= 4 is 18.1 Å². The lowest BCUT2D eigenvalue weighted by molar-refractivity contribution is 0.413. The van der Waals surface area contributed by atoms with Crippen LogP contribution >= 0.6 is 12.4 Å². The quantitative estimate of drug-likeness (QED) is 0.861. The molecule has 2 aliphatic heterocycles. The summed E-state index contributed by atoms with van der Waals surface area (Å²) in [5.74, 6) is 2.46. The van der Waals surface area contributed by atoms with Crippen molar-refractivity contribution in [3.8, 4) is 5.75 Å². The Balaban J connectivity index is 0.00000108. The molecule has 0 radical (unpaired) electrons. The third kappa shape index (κ3) is 2.33. The molecule has 0 spiro atoms. The Kier molecular flexibility index (Phi) is 3.74. The van der Waals surface area contributed by atoms with Crippen molar-refractivity contribution in [2.75, 3.05) is 38.2 Å². The van der Waals surface area contributed by atoms with Gasteiger partial charge in [0.15, 0.2) is 0 Å². The van der Waals surface area contributed by atoms with E-state index >= 15 is 0 Å². The van der Waals surface area contributed by atoms with Crippen LogP contribution in [0, 0.1) is 11.8 Å². The van der Waals surface area contributed by atoms with Crippen molar-refractivity contribution in [1.82, 2.24) is 10.3 Å². The summed E-state index contributed by atoms with van der Waals surface area (Å²) in [6, 6.07) is 2.07. The number of methoxy groups -OCH3 is 1. The van der Waals surface area contributed by atoms with Crippen LogP contribution < -0.4 is 15.0 Å². The fourth-order valence-corrected chi connectivity index (χ4v) is 2.76. The summed E-state index contributed by atoms with van der Waals surface area (Å²) < 4.78 is 5.21. The Morgan fingerprint density at radius 2 is 2.00 bits per heavy atom. The molecule has 0 aliphatic carbocycles. The number of nitrogens with zero attached hydrogens (tertiary/aromatic N) is 2. The molecule has 5 heteroatoms. The maximum absolute atomic E-state index is 5.21. The molecule has 2 fully saturated rings. The van der Waals surface area contributed by atoms with Gasteiger partial charge in [-0.3, -0.25) is 4.98 Å². The number of fused-ring (bicyclic) bond motifs is 1. The van der Waals surface area contributed by atoms with Crippen molar-refractivity contribution in [2.24, 2.45) is 11.8 Å². The zero-order valence-corrected chi connectivity index (χ0v) is 10.7. The van der Waals surface area contributed by atoms with Crippen molar-refractivity contribution < 1.29 is 4.74 Å². The van der Waals surface area contributed by atoms with Gasteiger partial charge in [-0.15, -0.1) is 12.4 Å². The molecule has 0 aromatic carbocycles. The number of anilines is 1. The molecule has 2 atom stereocenters. The van der Waals surface area contributed by atoms with E-state index in [0.717, 1.165) is 30.7 Å². The van der Waals surface area contributed by atoms with E-state index in [1.165, 1.54) is 18.8 Å². The van der Waals surface area contributed by atoms with E-state index in [9.17, 15) is 0 Å². The van der Waals surface area contributed by atoms with Gasteiger partial charge in [-0.2, -0.15) is 0 Å². The maximum Gasteiger partial charge on any atom is 0.139 e. The second kappa shape index (κ2) is 5.10. The molecular weight excluding hydrogens is 238 g/mol. The largest absolute Gasteiger partial charge is 0.495 e. The van der Waals surface area contributed by atoms with Gasteiger partial charge in [0.2, 0.25) is 0 Å². The second-order valence-electron chi connectivity index (χ2n) is 4.67. The van der Waals surface area contributed by atoms with Gasteiger partial charge in [0.25, 0.3) is 0 Å². The van der Waals surface area contributed by atoms with Crippen LogP contribution in [0.15, 0.2) is 18.5 Å². The predicted octanol–water partition coefficient (Wildman–Crippen LogP) is 1.17. The number of aromatic nitrogens is 1. The van der Waals surface area contributed by atoms with Crippen LogP contribution in [0.3, 0.4) is 0 Å². The molecule has 0 saturated carbocycles. The lowest BCUT2D eigenvalue weighted by atomic mass is 10.0. The average molecular weight is 256 g/mol. The van der Waals surface area contributed by atoms with Crippen molar-refractivity contribution in [3.05, 3.63) is 18.5 Å². The fourth-order valence-electron chi connectivity index (χ4n) is 2.76. The molecule has 0 bridgehead atoms. The van der Waals surface area contributed by atoms with Crippen molar-refractivity contribution in [1.29, 1.82) is 0 Å². The highest BCUT2D eigenvalue weighted by atomic mass is 35.5. The van der Waals surface area contributed by atoms with E-state index in [1.807, 2.05) is 6.20 Å². The Morgan fingerprint density at radius 1 is 1.29 bits per heavy atom. The van der Waals surface area contributed by atoms with Crippen LogP contribution in [0.1, 0.15) is 0 Å². The van der Waals surface area contributed by atoms with Crippen molar-refractivity contribution in [3.63, 3.8) is 0 Å². The highest BCUT2D eigenvalue weighted by molar-refractivity contribution is 5.85. The molecule has 94 valence electrons. The predicted molar refractivity (Wildman–Crippen MR) is 70.1 cm³/mol. The minimum Gasteiger partial charge on any atom is -0.495 e. The first kappa shape index (κ1) is 12.5. The Bertz CT molecular complexity index is 376. The van der Waals surface area contributed by atoms with Gasteiger partial charge in [0, 0.05) is 32.2 Å². The summed E-state index contributed by atoms with van der Waals surface area (Å²) in [6.07, 6.45) is 3.68. The molecule has 2 saturated heterocycles. The van der Waals surface area contributed by atoms with E-state index in [-0.39, 0.29) is 12.4 Å². The van der Waals surface area contributed by atoms with Gasteiger partial charge in [-0.1, -0.05) is 0 Å². The summed E-state index contributed by atoms with van der Waals surface area (Å²) in [7, 11) is 1.68. The highest BCUT2D eigenvalue weighted by Gasteiger charge is 2.36. The monoisotopic (exact) mass is 255 g/mol. The van der Waals surface area contributed by atoms with Crippen LogP contribution in [0.4, 0.5) is 5.69 Å². The third-order valence-electron chi connectivity index (χ3n) is 3.69.